The summed E-state index contributed by atoms with van der Waals surface area (Å²) in [6.45, 7) is 2.66. The van der Waals surface area contributed by atoms with Gasteiger partial charge in [-0.1, -0.05) is 42.4 Å². The zero-order chi connectivity index (χ0) is 20.3. The number of hydrogen-bond acceptors (Lipinski definition) is 7. The molecule has 0 unspecified atom stereocenters. The average molecular weight is 386 g/mol. The van der Waals surface area contributed by atoms with Crippen molar-refractivity contribution in [1.29, 1.82) is 0 Å². The van der Waals surface area contributed by atoms with Crippen LogP contribution in [0.4, 0.5) is 4.79 Å². The molecule has 0 radical (unpaired) electrons. The Bertz CT molecular complexity index is 925. The summed E-state index contributed by atoms with van der Waals surface area (Å²) in [5.74, 6) is -2.53. The number of benzene rings is 1. The van der Waals surface area contributed by atoms with Crippen molar-refractivity contribution in [2.75, 3.05) is 6.61 Å². The molecule has 1 aliphatic heterocycles. The number of aromatic nitrogens is 1. The molecule has 0 aliphatic carbocycles. The second-order valence-corrected chi connectivity index (χ2v) is 6.14. The molecule has 0 saturated carbocycles. The van der Waals surface area contributed by atoms with Gasteiger partial charge in [-0.3, -0.25) is 15.0 Å². The minimum atomic E-state index is -1.28. The third-order valence-electron chi connectivity index (χ3n) is 4.29. The number of imide groups is 1. The third kappa shape index (κ3) is 3.43. The van der Waals surface area contributed by atoms with Gasteiger partial charge in [0.25, 0.3) is 11.8 Å². The van der Waals surface area contributed by atoms with Gasteiger partial charge in [0, 0.05) is 6.07 Å². The summed E-state index contributed by atoms with van der Waals surface area (Å²) >= 11 is 0. The van der Waals surface area contributed by atoms with E-state index < -0.39 is 36.0 Å². The highest BCUT2D eigenvalue weighted by Crippen LogP contribution is 2.31. The minimum absolute atomic E-state index is 0.158. The van der Waals surface area contributed by atoms with E-state index in [-0.39, 0.29) is 12.2 Å². The highest BCUT2D eigenvalue weighted by Gasteiger charge is 2.52. The molecule has 1 saturated heterocycles. The van der Waals surface area contributed by atoms with Crippen molar-refractivity contribution in [3.05, 3.63) is 53.4 Å². The number of esters is 1. The van der Waals surface area contributed by atoms with E-state index in [1.807, 2.05) is 0 Å². The number of hydrazine groups is 1. The van der Waals surface area contributed by atoms with Crippen LogP contribution in [-0.4, -0.2) is 40.6 Å². The zero-order valence-electron chi connectivity index (χ0n) is 15.2. The highest BCUT2D eigenvalue weighted by molar-refractivity contribution is 6.08. The second-order valence-electron chi connectivity index (χ2n) is 6.14. The maximum Gasteiger partial charge on any atom is 0.377 e. The predicted molar refractivity (Wildman–Crippen MR) is 93.5 cm³/mol. The molecule has 4 amide bonds. The van der Waals surface area contributed by atoms with Gasteiger partial charge in [-0.05, 0) is 18.9 Å². The van der Waals surface area contributed by atoms with Crippen LogP contribution in [-0.2, 0) is 19.9 Å². The van der Waals surface area contributed by atoms with Crippen molar-refractivity contribution in [1.82, 2.24) is 20.9 Å². The normalized spacial score (nSPS) is 18.7. The summed E-state index contributed by atoms with van der Waals surface area (Å²) in [5.41, 5.74) is 1.96. The van der Waals surface area contributed by atoms with E-state index in [0.29, 0.717) is 16.3 Å². The molecule has 2 N–H and O–H groups in total. The Morgan fingerprint density at radius 2 is 2.00 bits per heavy atom. The first-order valence-electron chi connectivity index (χ1n) is 8.49. The van der Waals surface area contributed by atoms with Crippen LogP contribution in [0, 0.1) is 6.92 Å². The summed E-state index contributed by atoms with van der Waals surface area (Å²) in [4.78, 5) is 49.0. The summed E-state index contributed by atoms with van der Waals surface area (Å²) in [5, 5.41) is 6.75. The number of carbonyl (C=O) groups is 4. The summed E-state index contributed by atoms with van der Waals surface area (Å²) in [7, 11) is 0. The molecule has 1 aromatic carbocycles. The standard InChI is InChI=1S/C18H18N4O6/c1-3-18(12-7-5-4-6-8-12)16(25)22(17(26)19-18)20-14(23)10-27-15(24)13-9-11(2)21-28-13/h4-9H,3,10H2,1-2H3,(H,19,26)(H,20,23)/t18-/m1/s1. The smallest absolute Gasteiger partial charge is 0.377 e. The van der Waals surface area contributed by atoms with Crippen LogP contribution < -0.4 is 10.7 Å². The van der Waals surface area contributed by atoms with Crippen LogP contribution in [0.3, 0.4) is 0 Å². The number of carbonyl (C=O) groups excluding carboxylic acids is 4. The van der Waals surface area contributed by atoms with Gasteiger partial charge in [-0.15, -0.1) is 0 Å². The fourth-order valence-electron chi connectivity index (χ4n) is 2.86. The highest BCUT2D eigenvalue weighted by atomic mass is 16.6. The van der Waals surface area contributed by atoms with E-state index in [0.717, 1.165) is 0 Å². The Kier molecular flexibility index (Phi) is 5.12. The Morgan fingerprint density at radius 1 is 1.29 bits per heavy atom. The van der Waals surface area contributed by atoms with Gasteiger partial charge < -0.3 is 14.6 Å². The molecule has 2 aromatic rings. The molecule has 0 bridgehead atoms. The van der Waals surface area contributed by atoms with E-state index in [4.69, 9.17) is 9.26 Å². The van der Waals surface area contributed by atoms with Crippen molar-refractivity contribution in [3.8, 4) is 0 Å². The van der Waals surface area contributed by atoms with Gasteiger partial charge in [0.05, 0.1) is 5.69 Å². The van der Waals surface area contributed by atoms with Gasteiger partial charge in [0.1, 0.15) is 5.54 Å². The fraction of sp³-hybridized carbons (Fsp3) is 0.278. The third-order valence-corrected chi connectivity index (χ3v) is 4.29. The van der Waals surface area contributed by atoms with E-state index >= 15 is 0 Å². The van der Waals surface area contributed by atoms with Crippen molar-refractivity contribution in [2.24, 2.45) is 0 Å². The number of rotatable bonds is 6. The van der Waals surface area contributed by atoms with E-state index in [1.165, 1.54) is 6.07 Å². The Morgan fingerprint density at radius 3 is 2.61 bits per heavy atom. The second kappa shape index (κ2) is 7.51. The van der Waals surface area contributed by atoms with Crippen molar-refractivity contribution in [2.45, 2.75) is 25.8 Å². The quantitative estimate of drug-likeness (QED) is 0.560. The molecule has 1 fully saturated rings. The van der Waals surface area contributed by atoms with E-state index in [2.05, 4.69) is 15.9 Å². The van der Waals surface area contributed by atoms with Gasteiger partial charge in [-0.2, -0.15) is 5.01 Å². The molecule has 28 heavy (non-hydrogen) atoms. The lowest BCUT2D eigenvalue weighted by atomic mass is 9.87. The molecule has 1 atom stereocenters. The van der Waals surface area contributed by atoms with Gasteiger partial charge in [-0.25, -0.2) is 9.59 Å². The molecule has 3 rings (SSSR count). The summed E-state index contributed by atoms with van der Waals surface area (Å²) in [6.07, 6.45) is 0.286. The molecule has 2 heterocycles. The van der Waals surface area contributed by atoms with Gasteiger partial charge in [0.15, 0.2) is 6.61 Å². The van der Waals surface area contributed by atoms with E-state index in [9.17, 15) is 19.2 Å². The zero-order valence-corrected chi connectivity index (χ0v) is 15.2. The maximum atomic E-state index is 12.9. The molecule has 10 nitrogen and oxygen atoms in total. The number of amides is 4. The van der Waals surface area contributed by atoms with Crippen molar-refractivity contribution in [3.63, 3.8) is 0 Å². The maximum absolute atomic E-state index is 12.9. The lowest BCUT2D eigenvalue weighted by molar-refractivity contribution is -0.140. The van der Waals surface area contributed by atoms with Crippen LogP contribution in [0.25, 0.3) is 0 Å². The summed E-state index contributed by atoms with van der Waals surface area (Å²) < 4.78 is 9.52. The van der Waals surface area contributed by atoms with Crippen LogP contribution in [0.15, 0.2) is 40.9 Å². The Hall–Kier alpha value is -3.69. The van der Waals surface area contributed by atoms with Crippen molar-refractivity contribution < 1.29 is 28.4 Å². The van der Waals surface area contributed by atoms with Crippen LogP contribution in [0.1, 0.15) is 35.2 Å². The first kappa shape index (κ1) is 19.1. The van der Waals surface area contributed by atoms with Crippen LogP contribution in [0.2, 0.25) is 0 Å². The number of ether oxygens (including phenoxy) is 1. The molecule has 0 spiro atoms. The molecule has 1 aliphatic rings. The largest absolute Gasteiger partial charge is 0.450 e. The lowest BCUT2D eigenvalue weighted by Crippen LogP contribution is -2.49. The first-order valence-corrected chi connectivity index (χ1v) is 8.49. The first-order chi connectivity index (χ1) is 13.4. The van der Waals surface area contributed by atoms with Gasteiger partial charge in [0.2, 0.25) is 5.76 Å². The minimum Gasteiger partial charge on any atom is -0.450 e. The summed E-state index contributed by atoms with van der Waals surface area (Å²) in [6, 6.07) is 9.30. The van der Waals surface area contributed by atoms with Crippen LogP contribution in [0.5, 0.6) is 0 Å². The molecular weight excluding hydrogens is 368 g/mol. The lowest BCUT2D eigenvalue weighted by Gasteiger charge is -2.25. The SMILES string of the molecule is CC[C@]1(c2ccccc2)NC(=O)N(NC(=O)COC(=O)c2cc(C)no2)C1=O. The predicted octanol–water partition coefficient (Wildman–Crippen LogP) is 1.03. The average Bonchev–Trinajstić information content (AvgIpc) is 3.24. The van der Waals surface area contributed by atoms with Crippen molar-refractivity contribution >= 4 is 23.8 Å². The number of urea groups is 1. The van der Waals surface area contributed by atoms with E-state index in [1.54, 1.807) is 44.2 Å². The van der Waals surface area contributed by atoms with Crippen LogP contribution >= 0.6 is 0 Å². The molecule has 1 aromatic heterocycles. The fourth-order valence-corrected chi connectivity index (χ4v) is 2.86. The molecule has 10 heteroatoms. The molecule has 146 valence electrons. The molecular formula is C18H18N4O6. The number of nitrogens with one attached hydrogen (secondary N) is 2. The number of aryl methyl sites for hydroxylation is 1. The number of nitrogens with zero attached hydrogens (tertiary/aromatic N) is 2. The monoisotopic (exact) mass is 386 g/mol. The number of hydrogen-bond donors (Lipinski definition) is 2. The topological polar surface area (TPSA) is 131 Å². The Labute approximate surface area is 159 Å². The van der Waals surface area contributed by atoms with Gasteiger partial charge >= 0.3 is 12.0 Å². The Balaban J connectivity index is 1.65.